The smallest absolute Gasteiger partial charge is 0.365 e. The van der Waals surface area contributed by atoms with Crippen molar-refractivity contribution in [1.82, 2.24) is 0 Å². The van der Waals surface area contributed by atoms with Crippen LogP contribution >= 0.6 is 0 Å². The average molecular weight is 1810 g/mol. The number of para-hydroxylation sites is 7. The second-order valence-electron chi connectivity index (χ2n) is 23.9. The van der Waals surface area contributed by atoms with Gasteiger partial charge in [0.15, 0.2) is 0 Å². The predicted octanol–water partition coefficient (Wildman–Crippen LogP) is 32.4. The fourth-order valence-corrected chi connectivity index (χ4v) is 12.5. The fourth-order valence-electron chi connectivity index (χ4n) is 12.5. The molecule has 0 aromatic heterocycles. The zero-order valence-corrected chi connectivity index (χ0v) is 83.5. The van der Waals surface area contributed by atoms with Crippen LogP contribution in [-0.4, -0.2) is 0 Å². The van der Waals surface area contributed by atoms with E-state index in [0.29, 0.717) is 0 Å². The van der Waals surface area contributed by atoms with Crippen molar-refractivity contribution in [2.75, 3.05) is 14.7 Å². The Morgan fingerprint density at radius 3 is 0.642 bits per heavy atom. The first kappa shape index (κ1) is 109. The molecule has 0 radical (unpaired) electrons. The van der Waals surface area contributed by atoms with E-state index in [4.69, 9.17) is 0 Å². The number of fused-ring (bicyclic) bond motifs is 6. The van der Waals surface area contributed by atoms with Crippen molar-refractivity contribution in [2.45, 2.75) is 163 Å². The number of anilines is 9. The summed E-state index contributed by atoms with van der Waals surface area (Å²) in [7, 11) is 0. The summed E-state index contributed by atoms with van der Waals surface area (Å²) in [6.45, 7) is 36.0. The Labute approximate surface area is 803 Å². The molecule has 0 saturated carbocycles. The molecule has 15 aromatic carbocycles. The van der Waals surface area contributed by atoms with Crippen molar-refractivity contribution in [2.24, 2.45) is 0 Å². The Hall–Kier alpha value is -8.99. The zero-order chi connectivity index (χ0) is 84.9. The second-order valence-corrected chi connectivity index (χ2v) is 23.9. The summed E-state index contributed by atoms with van der Waals surface area (Å²) < 4.78 is 0. The maximum absolute atomic E-state index is 3.35. The van der Waals surface area contributed by atoms with Crippen molar-refractivity contribution in [1.29, 1.82) is 0 Å². The maximum Gasteiger partial charge on any atom is 3.00 e. The summed E-state index contributed by atoms with van der Waals surface area (Å²) in [6.07, 6.45) is 5.75. The van der Waals surface area contributed by atoms with Gasteiger partial charge in [0.25, 0.3) is 0 Å². The van der Waals surface area contributed by atoms with E-state index in [2.05, 4.69) is 282 Å². The van der Waals surface area contributed by atoms with Crippen LogP contribution in [-0.2, 0) is 137 Å². The molecule has 606 valence electrons. The average Bonchev–Trinajstić information content (AvgIpc) is 0.777. The third kappa shape index (κ3) is 35.6. The van der Waals surface area contributed by atoms with Gasteiger partial charge in [0.2, 0.25) is 0 Å². The molecule has 0 unspecified atom stereocenters. The van der Waals surface area contributed by atoms with Crippen LogP contribution in [0.3, 0.4) is 0 Å². The van der Waals surface area contributed by atoms with Gasteiger partial charge >= 0.3 is 98.1 Å². The number of hydrogen-bond donors (Lipinski definition) is 0. The predicted molar refractivity (Wildman–Crippen MR) is 511 cm³/mol. The summed E-state index contributed by atoms with van der Waals surface area (Å²) in [6, 6.07) is 153. The maximum atomic E-state index is 3.35. The molecule has 120 heavy (non-hydrogen) atoms. The minimum Gasteiger partial charge on any atom is -0.365 e. The van der Waals surface area contributed by atoms with Crippen LogP contribution in [0.4, 0.5) is 51.2 Å². The largest absolute Gasteiger partial charge is 3.00 e. The standard InChI is InChI=1S/3C19H14N.3C13H10.9C2H6.3Y/c3*1-2-10-17(11-3-1)20-18-12-6-4-8-15(18)14-16-9-5-7-13-19(16)20;3*1-3-7-12(8-4-1)11-13-9-5-2-6-10-13;9*1-2;;;/h2-13H,14H2;1-2,4-13H,14H2;1-10,12-13H,14H2;3*1-7,9H,11H2;9*1-2H3;;;/q3*-1;3*-2;;;;;;;;;;3*+3. The van der Waals surface area contributed by atoms with Gasteiger partial charge in [-0.05, 0) is 89.0 Å². The summed E-state index contributed by atoms with van der Waals surface area (Å²) >= 11 is 0. The molecule has 3 nitrogen and oxygen atoms in total. The van der Waals surface area contributed by atoms with Gasteiger partial charge in [-0.3, -0.25) is 0 Å². The Morgan fingerprint density at radius 2 is 0.417 bits per heavy atom. The van der Waals surface area contributed by atoms with Crippen molar-refractivity contribution in [3.8, 4) is 0 Å². The third-order valence-electron chi connectivity index (χ3n) is 17.2. The van der Waals surface area contributed by atoms with Gasteiger partial charge in [-0.2, -0.15) is 282 Å². The molecule has 18 rings (SSSR count). The molecule has 0 N–H and O–H groups in total. The Bertz CT molecular complexity index is 4150. The van der Waals surface area contributed by atoms with Crippen LogP contribution in [0, 0.1) is 54.6 Å². The topological polar surface area (TPSA) is 9.72 Å². The van der Waals surface area contributed by atoms with Gasteiger partial charge in [-0.25, -0.2) is 0 Å². The van der Waals surface area contributed by atoms with E-state index in [-0.39, 0.29) is 98.1 Å². The van der Waals surface area contributed by atoms with Crippen LogP contribution in [0.5, 0.6) is 0 Å². The van der Waals surface area contributed by atoms with E-state index in [9.17, 15) is 0 Å². The third-order valence-corrected chi connectivity index (χ3v) is 17.2. The molecule has 0 aliphatic carbocycles. The van der Waals surface area contributed by atoms with Gasteiger partial charge in [0, 0.05) is 53.4 Å². The van der Waals surface area contributed by atoms with E-state index in [1.165, 1.54) is 107 Å². The number of rotatable bonds is 9. The fraction of sp³-hybridized carbons (Fsp3) is 0.211. The molecule has 0 saturated heterocycles. The van der Waals surface area contributed by atoms with E-state index in [1.54, 1.807) is 0 Å². The molecule has 0 amide bonds. The van der Waals surface area contributed by atoms with Crippen molar-refractivity contribution in [3.63, 3.8) is 0 Å². The SMILES string of the molecule is CC.CC.CC.CC.CC.CC.CC.CC.CC.[Y+3].[Y+3].[Y+3].[c-]1ccc(N2c3ccccc3Cc3ccccc32)cc1.[c-]1cccc(N2c3ccccc3Cc3ccccc32)c1.[c-]1ccccc1Cc1[c-]cccc1.[c-]1ccccc1Cc1[c-]cccc1.[c-]1ccccc1Cc1[c-]cccc1.[c-]1ccccc1N1c2ccccc2Cc2ccccc21. The number of hydrogen-bond acceptors (Lipinski definition) is 3. The molecule has 0 spiro atoms. The van der Waals surface area contributed by atoms with Crippen LogP contribution < -0.4 is 14.7 Å². The molecule has 0 bridgehead atoms. The first-order valence-electron chi connectivity index (χ1n) is 42.7. The van der Waals surface area contributed by atoms with Gasteiger partial charge in [0.1, 0.15) is 0 Å². The van der Waals surface area contributed by atoms with Crippen molar-refractivity contribution >= 4 is 51.2 Å². The summed E-state index contributed by atoms with van der Waals surface area (Å²) in [5.41, 5.74) is 26.5. The van der Waals surface area contributed by atoms with Gasteiger partial charge in [0.05, 0.1) is 0 Å². The molecular formula is C114H126N3Y3. The van der Waals surface area contributed by atoms with Gasteiger partial charge in [-0.15, -0.1) is 24.3 Å². The molecule has 6 heteroatoms. The zero-order valence-electron chi connectivity index (χ0n) is 75.0. The minimum absolute atomic E-state index is 0. The summed E-state index contributed by atoms with van der Waals surface area (Å²) in [5.74, 6) is 0. The molecule has 3 heterocycles. The second kappa shape index (κ2) is 68.6. The van der Waals surface area contributed by atoms with Gasteiger partial charge in [-0.1, -0.05) is 251 Å². The van der Waals surface area contributed by atoms with Crippen molar-refractivity contribution in [3.05, 3.63) is 485 Å². The van der Waals surface area contributed by atoms with E-state index in [0.717, 1.165) is 49.9 Å². The Morgan fingerprint density at radius 1 is 0.192 bits per heavy atom. The Balaban J connectivity index is 0.000000695. The summed E-state index contributed by atoms with van der Waals surface area (Å²) in [4.78, 5) is 6.96. The number of nitrogens with zero attached hydrogens (tertiary/aromatic N) is 3. The molecule has 3 aliphatic rings. The first-order chi connectivity index (χ1) is 58.1. The first-order valence-corrected chi connectivity index (χ1v) is 42.7. The van der Waals surface area contributed by atoms with E-state index >= 15 is 0 Å². The monoisotopic (exact) mass is 1800 g/mol. The minimum atomic E-state index is 0. The van der Waals surface area contributed by atoms with Crippen LogP contribution in [0.15, 0.2) is 364 Å². The molecule has 0 fully saturated rings. The molecular weight excluding hydrogens is 1680 g/mol. The van der Waals surface area contributed by atoms with Crippen LogP contribution in [0.25, 0.3) is 0 Å². The van der Waals surface area contributed by atoms with Crippen LogP contribution in [0.1, 0.15) is 191 Å². The molecule has 3 aliphatic heterocycles. The quantitative estimate of drug-likeness (QED) is 0.133. The Kier molecular flexibility index (Phi) is 62.4. The summed E-state index contributed by atoms with van der Waals surface area (Å²) in [5, 5.41) is 0. The number of benzene rings is 15. The molecule has 15 aromatic rings. The van der Waals surface area contributed by atoms with E-state index in [1.807, 2.05) is 276 Å². The van der Waals surface area contributed by atoms with Crippen molar-refractivity contribution < 1.29 is 98.1 Å². The normalized spacial score (nSPS) is 10.0. The van der Waals surface area contributed by atoms with Crippen LogP contribution in [0.2, 0.25) is 0 Å². The molecule has 0 atom stereocenters. The van der Waals surface area contributed by atoms with E-state index < -0.39 is 0 Å². The van der Waals surface area contributed by atoms with Gasteiger partial charge < -0.3 is 14.7 Å².